The summed E-state index contributed by atoms with van der Waals surface area (Å²) in [6, 6.07) is 0. The van der Waals surface area contributed by atoms with Crippen LogP contribution in [0.15, 0.2) is 0 Å². The normalized spacial score (nSPS) is 33.6. The maximum Gasteiger partial charge on any atom is 0.0909 e. The summed E-state index contributed by atoms with van der Waals surface area (Å²) in [5.74, 6) is 0. The average molecular weight is 144 g/mol. The van der Waals surface area contributed by atoms with Gasteiger partial charge in [0, 0.05) is 13.1 Å². The Morgan fingerprint density at radius 3 is 2.70 bits per heavy atom. The highest BCUT2D eigenvalue weighted by Gasteiger charge is 2.30. The number of β-amino-alcohol motifs (C(OH)–C–C–N with tert-alkyl or cyclic N) is 1. The highest BCUT2D eigenvalue weighted by Crippen LogP contribution is 2.14. The van der Waals surface area contributed by atoms with Gasteiger partial charge in [0.05, 0.1) is 5.60 Å². The van der Waals surface area contributed by atoms with Gasteiger partial charge in [-0.25, -0.2) is 0 Å². The molecule has 0 aliphatic carbocycles. The van der Waals surface area contributed by atoms with Gasteiger partial charge < -0.3 is 15.3 Å². The van der Waals surface area contributed by atoms with Crippen LogP contribution in [0.1, 0.15) is 6.42 Å². The zero-order valence-electron chi connectivity index (χ0n) is 6.72. The number of hydrogen-bond acceptors (Lipinski definition) is 3. The van der Waals surface area contributed by atoms with Crippen molar-refractivity contribution < 1.29 is 5.11 Å². The third kappa shape index (κ3) is 1.94. The second kappa shape index (κ2) is 2.86. The van der Waals surface area contributed by atoms with E-state index >= 15 is 0 Å². The number of nitrogens with zero attached hydrogens (tertiary/aromatic N) is 1. The molecule has 0 aromatic heterocycles. The molecule has 1 rings (SSSR count). The fraction of sp³-hybridized carbons (Fsp3) is 1.00. The second-order valence-corrected chi connectivity index (χ2v) is 3.39. The van der Waals surface area contributed by atoms with Crippen molar-refractivity contribution in [3.8, 4) is 0 Å². The first-order valence-corrected chi connectivity index (χ1v) is 3.70. The van der Waals surface area contributed by atoms with Crippen LogP contribution < -0.4 is 5.32 Å². The van der Waals surface area contributed by atoms with Gasteiger partial charge in [-0.1, -0.05) is 0 Å². The number of hydrogen-bond donors (Lipinski definition) is 2. The lowest BCUT2D eigenvalue weighted by Gasteiger charge is -2.24. The van der Waals surface area contributed by atoms with Crippen LogP contribution in [-0.2, 0) is 0 Å². The fourth-order valence-corrected chi connectivity index (χ4v) is 1.45. The van der Waals surface area contributed by atoms with Crippen molar-refractivity contribution in [2.24, 2.45) is 0 Å². The van der Waals surface area contributed by atoms with E-state index in [1.165, 1.54) is 0 Å². The highest BCUT2D eigenvalue weighted by molar-refractivity contribution is 4.89. The predicted molar refractivity (Wildman–Crippen MR) is 41.0 cm³/mol. The van der Waals surface area contributed by atoms with Crippen molar-refractivity contribution in [1.82, 2.24) is 10.2 Å². The fourth-order valence-electron chi connectivity index (χ4n) is 1.45. The van der Waals surface area contributed by atoms with Gasteiger partial charge >= 0.3 is 0 Å². The van der Waals surface area contributed by atoms with Gasteiger partial charge in [-0.15, -0.1) is 0 Å². The molecule has 0 bridgehead atoms. The molecule has 0 unspecified atom stereocenters. The van der Waals surface area contributed by atoms with Gasteiger partial charge in [0.1, 0.15) is 0 Å². The molecule has 0 radical (unpaired) electrons. The second-order valence-electron chi connectivity index (χ2n) is 3.39. The summed E-state index contributed by atoms with van der Waals surface area (Å²) in [4.78, 5) is 2.02. The summed E-state index contributed by atoms with van der Waals surface area (Å²) in [5.41, 5.74) is -0.469. The Bertz CT molecular complexity index is 108. The molecule has 60 valence electrons. The van der Waals surface area contributed by atoms with Crippen LogP contribution in [0.4, 0.5) is 0 Å². The molecule has 1 heterocycles. The minimum Gasteiger partial charge on any atom is -0.387 e. The first kappa shape index (κ1) is 7.98. The molecule has 1 aliphatic rings. The lowest BCUT2D eigenvalue weighted by Crippen LogP contribution is -2.41. The molecule has 1 aliphatic heterocycles. The summed E-state index contributed by atoms with van der Waals surface area (Å²) in [6.07, 6.45) is 0.880. The Morgan fingerprint density at radius 1 is 1.60 bits per heavy atom. The van der Waals surface area contributed by atoms with Crippen LogP contribution in [0.25, 0.3) is 0 Å². The van der Waals surface area contributed by atoms with E-state index in [4.69, 9.17) is 0 Å². The molecule has 0 spiro atoms. The predicted octanol–water partition coefficient (Wildman–Crippen LogP) is -0.728. The van der Waals surface area contributed by atoms with Gasteiger partial charge in [-0.05, 0) is 27.1 Å². The molecule has 0 aromatic carbocycles. The van der Waals surface area contributed by atoms with Crippen molar-refractivity contribution in [3.63, 3.8) is 0 Å². The van der Waals surface area contributed by atoms with Crippen LogP contribution in [0.3, 0.4) is 0 Å². The lowest BCUT2D eigenvalue weighted by atomic mass is 10.0. The van der Waals surface area contributed by atoms with Crippen LogP contribution in [0.5, 0.6) is 0 Å². The molecule has 1 atom stereocenters. The van der Waals surface area contributed by atoms with Gasteiger partial charge in [0.2, 0.25) is 0 Å². The molecule has 2 N–H and O–H groups in total. The number of nitrogens with one attached hydrogen (secondary N) is 1. The maximum absolute atomic E-state index is 9.76. The molecule has 0 saturated carbocycles. The summed E-state index contributed by atoms with van der Waals surface area (Å²) in [7, 11) is 3.96. The van der Waals surface area contributed by atoms with E-state index in [2.05, 4.69) is 5.32 Å². The maximum atomic E-state index is 9.76. The zero-order chi connectivity index (χ0) is 7.61. The molecular formula is C7H16N2O. The van der Waals surface area contributed by atoms with Gasteiger partial charge in [-0.3, -0.25) is 0 Å². The van der Waals surface area contributed by atoms with Crippen molar-refractivity contribution in [2.75, 3.05) is 33.7 Å². The monoisotopic (exact) mass is 144 g/mol. The Morgan fingerprint density at radius 2 is 2.30 bits per heavy atom. The topological polar surface area (TPSA) is 35.5 Å². The van der Waals surface area contributed by atoms with Gasteiger partial charge in [-0.2, -0.15) is 0 Å². The molecule has 0 amide bonds. The largest absolute Gasteiger partial charge is 0.387 e. The van der Waals surface area contributed by atoms with E-state index in [0.717, 1.165) is 26.1 Å². The van der Waals surface area contributed by atoms with Crippen LogP contribution in [0, 0.1) is 0 Å². The first-order valence-electron chi connectivity index (χ1n) is 3.70. The summed E-state index contributed by atoms with van der Waals surface area (Å²) < 4.78 is 0. The number of aliphatic hydroxyl groups is 1. The molecule has 3 nitrogen and oxygen atoms in total. The van der Waals surface area contributed by atoms with Crippen LogP contribution >= 0.6 is 0 Å². The Labute approximate surface area is 62.0 Å². The SMILES string of the molecule is CN(C)C[C@]1(O)CCNC1. The van der Waals surface area contributed by atoms with Crippen molar-refractivity contribution in [1.29, 1.82) is 0 Å². The zero-order valence-corrected chi connectivity index (χ0v) is 6.72. The number of likely N-dealkylation sites (N-methyl/N-ethyl adjacent to an activating group) is 1. The quantitative estimate of drug-likeness (QED) is 0.536. The number of rotatable bonds is 2. The Hall–Kier alpha value is -0.120. The van der Waals surface area contributed by atoms with Crippen molar-refractivity contribution in [3.05, 3.63) is 0 Å². The molecule has 1 fully saturated rings. The lowest BCUT2D eigenvalue weighted by molar-refractivity contribution is 0.0349. The van der Waals surface area contributed by atoms with E-state index in [9.17, 15) is 5.11 Å². The van der Waals surface area contributed by atoms with Crippen molar-refractivity contribution in [2.45, 2.75) is 12.0 Å². The minimum absolute atomic E-state index is 0.469. The average Bonchev–Trinajstić information content (AvgIpc) is 2.12. The Balaban J connectivity index is 2.36. The van der Waals surface area contributed by atoms with Crippen LogP contribution in [0.2, 0.25) is 0 Å². The van der Waals surface area contributed by atoms with Crippen LogP contribution in [-0.4, -0.2) is 49.3 Å². The highest BCUT2D eigenvalue weighted by atomic mass is 16.3. The van der Waals surface area contributed by atoms with E-state index in [1.807, 2.05) is 19.0 Å². The standard InChI is InChI=1S/C7H16N2O/c1-9(2)6-7(10)3-4-8-5-7/h8,10H,3-6H2,1-2H3/t7-/m0/s1. The summed E-state index contributed by atoms with van der Waals surface area (Å²) >= 11 is 0. The minimum atomic E-state index is -0.469. The third-order valence-electron chi connectivity index (χ3n) is 1.83. The van der Waals surface area contributed by atoms with E-state index in [1.54, 1.807) is 0 Å². The molecule has 3 heteroatoms. The van der Waals surface area contributed by atoms with E-state index in [0.29, 0.717) is 0 Å². The first-order chi connectivity index (χ1) is 4.62. The van der Waals surface area contributed by atoms with E-state index < -0.39 is 5.60 Å². The molecular weight excluding hydrogens is 128 g/mol. The van der Waals surface area contributed by atoms with E-state index in [-0.39, 0.29) is 0 Å². The molecule has 0 aromatic rings. The molecule has 1 saturated heterocycles. The molecule has 10 heavy (non-hydrogen) atoms. The summed E-state index contributed by atoms with van der Waals surface area (Å²) in [5, 5.41) is 12.9. The van der Waals surface area contributed by atoms with Crippen molar-refractivity contribution >= 4 is 0 Å². The van der Waals surface area contributed by atoms with Gasteiger partial charge in [0.25, 0.3) is 0 Å². The Kier molecular flexibility index (Phi) is 2.28. The summed E-state index contributed by atoms with van der Waals surface area (Å²) in [6.45, 7) is 2.45. The van der Waals surface area contributed by atoms with Gasteiger partial charge in [0.15, 0.2) is 0 Å². The third-order valence-corrected chi connectivity index (χ3v) is 1.83. The smallest absolute Gasteiger partial charge is 0.0909 e.